The van der Waals surface area contributed by atoms with Gasteiger partial charge in [-0.05, 0) is 24.6 Å². The van der Waals surface area contributed by atoms with Crippen LogP contribution >= 0.6 is 0 Å². The van der Waals surface area contributed by atoms with E-state index in [4.69, 9.17) is 0 Å². The first-order valence-corrected chi connectivity index (χ1v) is 6.76. The first-order chi connectivity index (χ1) is 10.1. The molecule has 0 aliphatic carbocycles. The molecule has 21 heavy (non-hydrogen) atoms. The maximum atomic E-state index is 12.3. The molecule has 0 saturated heterocycles. The molecule has 0 spiro atoms. The van der Waals surface area contributed by atoms with Gasteiger partial charge >= 0.3 is 5.69 Å². The van der Waals surface area contributed by atoms with Crippen LogP contribution in [0.5, 0.6) is 0 Å². The van der Waals surface area contributed by atoms with Crippen LogP contribution in [0.15, 0.2) is 53.5 Å². The van der Waals surface area contributed by atoms with Crippen molar-refractivity contribution in [1.29, 1.82) is 0 Å². The lowest BCUT2D eigenvalue weighted by Crippen LogP contribution is -2.23. The van der Waals surface area contributed by atoms with Gasteiger partial charge in [-0.2, -0.15) is 0 Å². The Bertz CT molecular complexity index is 801. The Kier molecular flexibility index (Phi) is 3.39. The second-order valence-corrected chi connectivity index (χ2v) is 5.02. The number of rotatable bonds is 3. The highest BCUT2D eigenvalue weighted by Gasteiger charge is 2.12. The van der Waals surface area contributed by atoms with E-state index in [1.807, 2.05) is 49.4 Å². The molecule has 0 bridgehead atoms. The average Bonchev–Trinajstić information content (AvgIpc) is 2.79. The Hall–Kier alpha value is -2.69. The number of hydrogen-bond donors (Lipinski definition) is 0. The number of aromatic nitrogens is 4. The fraction of sp³-hybridized carbons (Fsp3) is 0.188. The minimum atomic E-state index is -0.142. The highest BCUT2D eigenvalue weighted by atomic mass is 16.2. The molecule has 0 aliphatic heterocycles. The number of nitrogens with zero attached hydrogens (tertiary/aromatic N) is 4. The molecule has 0 N–H and O–H groups in total. The molecule has 3 rings (SSSR count). The fourth-order valence-corrected chi connectivity index (χ4v) is 2.18. The van der Waals surface area contributed by atoms with E-state index in [9.17, 15) is 4.79 Å². The molecule has 5 nitrogen and oxygen atoms in total. The summed E-state index contributed by atoms with van der Waals surface area (Å²) in [6, 6.07) is 13.6. The van der Waals surface area contributed by atoms with Crippen molar-refractivity contribution in [3.63, 3.8) is 0 Å². The van der Waals surface area contributed by atoms with E-state index in [0.717, 1.165) is 5.56 Å². The predicted molar refractivity (Wildman–Crippen MR) is 81.0 cm³/mol. The molecule has 0 amide bonds. The normalized spacial score (nSPS) is 10.8. The topological polar surface area (TPSA) is 52.7 Å². The molecule has 0 radical (unpaired) electrons. The largest absolute Gasteiger partial charge is 0.346 e. The lowest BCUT2D eigenvalue weighted by Gasteiger charge is -2.00. The highest BCUT2D eigenvalue weighted by Crippen LogP contribution is 2.11. The van der Waals surface area contributed by atoms with Crippen LogP contribution < -0.4 is 5.69 Å². The van der Waals surface area contributed by atoms with E-state index in [1.54, 1.807) is 13.2 Å². The van der Waals surface area contributed by atoms with Gasteiger partial charge in [0.15, 0.2) is 5.82 Å². The molecule has 5 heteroatoms. The molecule has 2 heterocycles. The lowest BCUT2D eigenvalue weighted by atomic mass is 10.1. The van der Waals surface area contributed by atoms with Crippen molar-refractivity contribution in [3.8, 4) is 11.5 Å². The smallest absolute Gasteiger partial charge is 0.277 e. The van der Waals surface area contributed by atoms with Gasteiger partial charge in [0.1, 0.15) is 5.69 Å². The third-order valence-electron chi connectivity index (χ3n) is 3.39. The first kappa shape index (κ1) is 13.3. The Morgan fingerprint density at radius 2 is 1.86 bits per heavy atom. The van der Waals surface area contributed by atoms with Crippen LogP contribution in [0.25, 0.3) is 11.5 Å². The van der Waals surface area contributed by atoms with Crippen molar-refractivity contribution in [1.82, 2.24) is 19.3 Å². The van der Waals surface area contributed by atoms with E-state index in [1.165, 1.54) is 14.8 Å². The van der Waals surface area contributed by atoms with Crippen LogP contribution in [-0.4, -0.2) is 19.3 Å². The van der Waals surface area contributed by atoms with Gasteiger partial charge in [-0.1, -0.05) is 35.9 Å². The molecule has 0 saturated carbocycles. The number of hydrogen-bond acceptors (Lipinski definition) is 3. The standard InChI is InChI=1S/C16H16N4O/c1-12-6-8-13(9-7-12)11-20-16(21)19(2)15(18-20)14-5-3-4-10-17-14/h3-10H,11H2,1-2H3. The zero-order valence-corrected chi connectivity index (χ0v) is 12.0. The number of aryl methyl sites for hydroxylation is 1. The van der Waals surface area contributed by atoms with Crippen molar-refractivity contribution in [2.45, 2.75) is 13.5 Å². The van der Waals surface area contributed by atoms with Crippen LogP contribution in [0.1, 0.15) is 11.1 Å². The third kappa shape index (κ3) is 2.63. The summed E-state index contributed by atoms with van der Waals surface area (Å²) in [6.07, 6.45) is 1.69. The maximum absolute atomic E-state index is 12.3. The van der Waals surface area contributed by atoms with Crippen molar-refractivity contribution in [3.05, 3.63) is 70.3 Å². The Labute approximate surface area is 122 Å². The zero-order valence-electron chi connectivity index (χ0n) is 12.0. The van der Waals surface area contributed by atoms with Crippen LogP contribution in [0, 0.1) is 6.92 Å². The van der Waals surface area contributed by atoms with E-state index < -0.39 is 0 Å². The molecule has 0 atom stereocenters. The van der Waals surface area contributed by atoms with Gasteiger partial charge in [-0.15, -0.1) is 5.10 Å². The van der Waals surface area contributed by atoms with E-state index >= 15 is 0 Å². The summed E-state index contributed by atoms with van der Waals surface area (Å²) >= 11 is 0. The number of pyridine rings is 1. The van der Waals surface area contributed by atoms with Gasteiger partial charge in [0, 0.05) is 13.2 Å². The van der Waals surface area contributed by atoms with Crippen LogP contribution in [-0.2, 0) is 13.6 Å². The van der Waals surface area contributed by atoms with Crippen LogP contribution in [0.2, 0.25) is 0 Å². The molecular formula is C16H16N4O. The maximum Gasteiger partial charge on any atom is 0.346 e. The van der Waals surface area contributed by atoms with Gasteiger partial charge in [0.05, 0.1) is 6.54 Å². The van der Waals surface area contributed by atoms with Crippen molar-refractivity contribution >= 4 is 0 Å². The van der Waals surface area contributed by atoms with Gasteiger partial charge in [0.25, 0.3) is 0 Å². The summed E-state index contributed by atoms with van der Waals surface area (Å²) in [4.78, 5) is 16.5. The monoisotopic (exact) mass is 280 g/mol. The molecular weight excluding hydrogens is 264 g/mol. The quantitative estimate of drug-likeness (QED) is 0.737. The summed E-state index contributed by atoms with van der Waals surface area (Å²) in [5, 5.41) is 4.40. The molecule has 1 aromatic carbocycles. The van der Waals surface area contributed by atoms with Crippen molar-refractivity contribution in [2.75, 3.05) is 0 Å². The highest BCUT2D eigenvalue weighted by molar-refractivity contribution is 5.48. The van der Waals surface area contributed by atoms with Crippen LogP contribution in [0.3, 0.4) is 0 Å². The first-order valence-electron chi connectivity index (χ1n) is 6.76. The van der Waals surface area contributed by atoms with Crippen molar-refractivity contribution in [2.24, 2.45) is 7.05 Å². The Balaban J connectivity index is 1.98. The molecule has 0 unspecified atom stereocenters. The predicted octanol–water partition coefficient (Wildman–Crippen LogP) is 2.00. The Morgan fingerprint density at radius 3 is 2.52 bits per heavy atom. The summed E-state index contributed by atoms with van der Waals surface area (Å²) in [7, 11) is 1.71. The molecule has 0 aliphatic rings. The van der Waals surface area contributed by atoms with Gasteiger partial charge in [-0.25, -0.2) is 9.48 Å². The minimum Gasteiger partial charge on any atom is -0.277 e. The summed E-state index contributed by atoms with van der Waals surface area (Å²) in [6.45, 7) is 2.50. The lowest BCUT2D eigenvalue weighted by molar-refractivity contribution is 0.647. The SMILES string of the molecule is Cc1ccc(Cn2nc(-c3ccccn3)n(C)c2=O)cc1. The van der Waals surface area contributed by atoms with Gasteiger partial charge in [-0.3, -0.25) is 9.55 Å². The second-order valence-electron chi connectivity index (χ2n) is 5.02. The molecule has 2 aromatic heterocycles. The average molecular weight is 280 g/mol. The third-order valence-corrected chi connectivity index (χ3v) is 3.39. The van der Waals surface area contributed by atoms with E-state index in [-0.39, 0.29) is 5.69 Å². The number of benzene rings is 1. The molecule has 3 aromatic rings. The van der Waals surface area contributed by atoms with Gasteiger partial charge < -0.3 is 0 Å². The van der Waals surface area contributed by atoms with E-state index in [2.05, 4.69) is 10.1 Å². The zero-order chi connectivity index (χ0) is 14.8. The molecule has 106 valence electrons. The second kappa shape index (κ2) is 5.36. The Morgan fingerprint density at radius 1 is 1.10 bits per heavy atom. The fourth-order valence-electron chi connectivity index (χ4n) is 2.18. The van der Waals surface area contributed by atoms with E-state index in [0.29, 0.717) is 18.1 Å². The van der Waals surface area contributed by atoms with Gasteiger partial charge in [0.2, 0.25) is 0 Å². The van der Waals surface area contributed by atoms with Crippen molar-refractivity contribution < 1.29 is 0 Å². The molecule has 0 fully saturated rings. The summed E-state index contributed by atoms with van der Waals surface area (Å²) in [5.74, 6) is 0.577. The van der Waals surface area contributed by atoms with Crippen LogP contribution in [0.4, 0.5) is 0 Å². The summed E-state index contributed by atoms with van der Waals surface area (Å²) < 4.78 is 2.99. The minimum absolute atomic E-state index is 0.142. The summed E-state index contributed by atoms with van der Waals surface area (Å²) in [5.41, 5.74) is 2.80.